The molecular formula is C13H17NO5. The summed E-state index contributed by atoms with van der Waals surface area (Å²) in [4.78, 5) is 22.1. The van der Waals surface area contributed by atoms with Crippen LogP contribution in [0.15, 0.2) is 18.2 Å². The minimum absolute atomic E-state index is 0.298. The maximum Gasteiger partial charge on any atom is 0.328 e. The van der Waals surface area contributed by atoms with E-state index in [4.69, 9.17) is 14.9 Å². The predicted molar refractivity (Wildman–Crippen MR) is 68.1 cm³/mol. The number of aliphatic hydroxyl groups is 1. The summed E-state index contributed by atoms with van der Waals surface area (Å²) in [6, 6.07) is 4.28. The second-order valence-electron chi connectivity index (χ2n) is 4.20. The van der Waals surface area contributed by atoms with Crippen LogP contribution in [0.5, 0.6) is 5.75 Å². The molecule has 0 spiro atoms. The molecule has 0 saturated carbocycles. The first-order valence-corrected chi connectivity index (χ1v) is 5.77. The van der Waals surface area contributed by atoms with Gasteiger partial charge in [-0.3, -0.25) is 4.79 Å². The van der Waals surface area contributed by atoms with E-state index in [0.29, 0.717) is 5.75 Å². The van der Waals surface area contributed by atoms with Crippen LogP contribution >= 0.6 is 0 Å². The number of aliphatic carboxylic acids is 1. The third-order valence-electron chi connectivity index (χ3n) is 2.52. The summed E-state index contributed by atoms with van der Waals surface area (Å²) in [7, 11) is 0. The van der Waals surface area contributed by atoms with Gasteiger partial charge in [-0.05, 0) is 31.0 Å². The molecule has 0 aromatic heterocycles. The Morgan fingerprint density at radius 3 is 2.63 bits per heavy atom. The van der Waals surface area contributed by atoms with Crippen molar-refractivity contribution in [3.05, 3.63) is 29.3 Å². The minimum atomic E-state index is -1.31. The van der Waals surface area contributed by atoms with Gasteiger partial charge in [0.2, 0.25) is 0 Å². The summed E-state index contributed by atoms with van der Waals surface area (Å²) in [5, 5.41) is 19.6. The van der Waals surface area contributed by atoms with Crippen LogP contribution in [0.2, 0.25) is 0 Å². The smallest absolute Gasteiger partial charge is 0.328 e. The van der Waals surface area contributed by atoms with Crippen LogP contribution in [0.25, 0.3) is 0 Å². The van der Waals surface area contributed by atoms with Crippen LogP contribution in [-0.4, -0.2) is 41.3 Å². The van der Waals surface area contributed by atoms with Crippen molar-refractivity contribution >= 4 is 11.9 Å². The molecule has 0 fully saturated rings. The van der Waals surface area contributed by atoms with E-state index >= 15 is 0 Å². The van der Waals surface area contributed by atoms with Gasteiger partial charge in [-0.1, -0.05) is 12.1 Å². The van der Waals surface area contributed by atoms with E-state index in [1.54, 1.807) is 6.07 Å². The summed E-state index contributed by atoms with van der Waals surface area (Å²) in [6.45, 7) is 2.79. The molecule has 104 valence electrons. The van der Waals surface area contributed by atoms with E-state index in [9.17, 15) is 9.59 Å². The van der Waals surface area contributed by atoms with E-state index in [0.717, 1.165) is 11.1 Å². The largest absolute Gasteiger partial charge is 0.483 e. The number of hydrogen-bond acceptors (Lipinski definition) is 4. The zero-order valence-corrected chi connectivity index (χ0v) is 10.8. The van der Waals surface area contributed by atoms with E-state index in [1.165, 1.54) is 0 Å². The molecule has 1 rings (SSSR count). The highest BCUT2D eigenvalue weighted by Crippen LogP contribution is 2.18. The predicted octanol–water partition coefficient (Wildman–Crippen LogP) is 0.244. The number of carbonyl (C=O) groups is 2. The lowest BCUT2D eigenvalue weighted by molar-refractivity contribution is -0.143. The average molecular weight is 267 g/mol. The van der Waals surface area contributed by atoms with E-state index < -0.39 is 24.5 Å². The maximum absolute atomic E-state index is 11.5. The Bertz CT molecular complexity index is 472. The first-order valence-electron chi connectivity index (χ1n) is 5.77. The third-order valence-corrected chi connectivity index (χ3v) is 2.52. The number of carbonyl (C=O) groups excluding carboxylic acids is 1. The van der Waals surface area contributed by atoms with Crippen molar-refractivity contribution in [2.75, 3.05) is 13.2 Å². The Kier molecular flexibility index (Phi) is 5.32. The maximum atomic E-state index is 11.5. The van der Waals surface area contributed by atoms with E-state index in [1.807, 2.05) is 26.0 Å². The van der Waals surface area contributed by atoms with Gasteiger partial charge in [-0.2, -0.15) is 0 Å². The van der Waals surface area contributed by atoms with Gasteiger partial charge in [0.1, 0.15) is 11.8 Å². The number of nitrogens with one attached hydrogen (secondary N) is 1. The Morgan fingerprint density at radius 2 is 2.05 bits per heavy atom. The molecule has 0 aliphatic carbocycles. The normalized spacial score (nSPS) is 11.7. The van der Waals surface area contributed by atoms with Crippen molar-refractivity contribution < 1.29 is 24.5 Å². The first kappa shape index (κ1) is 15.0. The van der Waals surface area contributed by atoms with Crippen molar-refractivity contribution in [2.24, 2.45) is 0 Å². The highest BCUT2D eigenvalue weighted by molar-refractivity contribution is 5.84. The summed E-state index contributed by atoms with van der Waals surface area (Å²) in [5.74, 6) is -1.31. The lowest BCUT2D eigenvalue weighted by Gasteiger charge is -2.13. The highest BCUT2D eigenvalue weighted by atomic mass is 16.5. The molecule has 3 N–H and O–H groups in total. The molecule has 0 saturated heterocycles. The molecule has 0 bridgehead atoms. The van der Waals surface area contributed by atoms with Gasteiger partial charge in [0.25, 0.3) is 5.91 Å². The summed E-state index contributed by atoms with van der Waals surface area (Å²) in [5.41, 5.74) is 1.88. The van der Waals surface area contributed by atoms with Crippen LogP contribution in [0.3, 0.4) is 0 Å². The summed E-state index contributed by atoms with van der Waals surface area (Å²) < 4.78 is 5.32. The zero-order valence-electron chi connectivity index (χ0n) is 10.8. The first-order chi connectivity index (χ1) is 8.93. The lowest BCUT2D eigenvalue weighted by atomic mass is 10.1. The number of benzene rings is 1. The molecule has 6 heteroatoms. The molecule has 1 atom stereocenters. The van der Waals surface area contributed by atoms with Crippen molar-refractivity contribution in [2.45, 2.75) is 19.9 Å². The Labute approximate surface area is 111 Å². The number of aryl methyl sites for hydroxylation is 2. The minimum Gasteiger partial charge on any atom is -0.483 e. The molecule has 0 heterocycles. The van der Waals surface area contributed by atoms with Gasteiger partial charge in [-0.25, -0.2) is 4.79 Å². The van der Waals surface area contributed by atoms with Crippen LogP contribution in [-0.2, 0) is 9.59 Å². The number of hydrogen-bond donors (Lipinski definition) is 3. The molecule has 1 unspecified atom stereocenters. The van der Waals surface area contributed by atoms with Crippen molar-refractivity contribution in [3.63, 3.8) is 0 Å². The fraction of sp³-hybridized carbons (Fsp3) is 0.385. The molecule has 19 heavy (non-hydrogen) atoms. The molecule has 0 aliphatic rings. The fourth-order valence-corrected chi connectivity index (χ4v) is 1.43. The standard InChI is InChI=1S/C13H17NO5/c1-8-3-4-9(2)11(5-8)19-7-12(16)14-10(6-15)13(17)18/h3-5,10,15H,6-7H2,1-2H3,(H,14,16)(H,17,18). The van der Waals surface area contributed by atoms with Crippen LogP contribution < -0.4 is 10.1 Å². The molecule has 0 aliphatic heterocycles. The third kappa shape index (κ3) is 4.59. The molecular weight excluding hydrogens is 250 g/mol. The number of amides is 1. The summed E-state index contributed by atoms with van der Waals surface area (Å²) in [6.07, 6.45) is 0. The zero-order chi connectivity index (χ0) is 14.4. The quantitative estimate of drug-likeness (QED) is 0.686. The van der Waals surface area contributed by atoms with Crippen molar-refractivity contribution in [1.29, 1.82) is 0 Å². The van der Waals surface area contributed by atoms with Gasteiger partial charge in [0.15, 0.2) is 6.61 Å². The molecule has 1 amide bonds. The Morgan fingerprint density at radius 1 is 1.37 bits per heavy atom. The monoisotopic (exact) mass is 267 g/mol. The van der Waals surface area contributed by atoms with Gasteiger partial charge in [0, 0.05) is 0 Å². The van der Waals surface area contributed by atoms with Crippen molar-refractivity contribution in [3.8, 4) is 5.75 Å². The topological polar surface area (TPSA) is 95.9 Å². The number of ether oxygens (including phenoxy) is 1. The molecule has 1 aromatic carbocycles. The number of carboxylic acid groups (broad SMARTS) is 1. The lowest BCUT2D eigenvalue weighted by Crippen LogP contribution is -2.45. The SMILES string of the molecule is Cc1ccc(C)c(OCC(=O)NC(CO)C(=O)O)c1. The van der Waals surface area contributed by atoms with Crippen LogP contribution in [0, 0.1) is 13.8 Å². The van der Waals surface area contributed by atoms with Gasteiger partial charge >= 0.3 is 5.97 Å². The van der Waals surface area contributed by atoms with E-state index in [-0.39, 0.29) is 6.61 Å². The van der Waals surface area contributed by atoms with Crippen LogP contribution in [0.1, 0.15) is 11.1 Å². The molecule has 6 nitrogen and oxygen atoms in total. The Balaban J connectivity index is 2.54. The molecule has 0 radical (unpaired) electrons. The average Bonchev–Trinajstić information content (AvgIpc) is 2.36. The van der Waals surface area contributed by atoms with Gasteiger partial charge in [0.05, 0.1) is 6.61 Å². The number of carboxylic acids is 1. The summed E-state index contributed by atoms with van der Waals surface area (Å²) >= 11 is 0. The fourth-order valence-electron chi connectivity index (χ4n) is 1.43. The Hall–Kier alpha value is -2.08. The van der Waals surface area contributed by atoms with E-state index in [2.05, 4.69) is 5.32 Å². The number of aliphatic hydroxyl groups excluding tert-OH is 1. The second-order valence-corrected chi connectivity index (χ2v) is 4.20. The van der Waals surface area contributed by atoms with Gasteiger partial charge < -0.3 is 20.3 Å². The van der Waals surface area contributed by atoms with Crippen molar-refractivity contribution in [1.82, 2.24) is 5.32 Å². The van der Waals surface area contributed by atoms with Gasteiger partial charge in [-0.15, -0.1) is 0 Å². The number of rotatable bonds is 6. The molecule has 1 aromatic rings. The van der Waals surface area contributed by atoms with Crippen LogP contribution in [0.4, 0.5) is 0 Å². The second kappa shape index (κ2) is 6.75. The highest BCUT2D eigenvalue weighted by Gasteiger charge is 2.18.